The third kappa shape index (κ3) is 5.76. The van der Waals surface area contributed by atoms with E-state index in [1.807, 2.05) is 0 Å². The van der Waals surface area contributed by atoms with Crippen molar-refractivity contribution in [3.63, 3.8) is 0 Å². The second-order valence-corrected chi connectivity index (χ2v) is 15.3. The van der Waals surface area contributed by atoms with Crippen molar-refractivity contribution in [2.45, 2.75) is 19.8 Å². The minimum absolute atomic E-state index is 0.0539. The van der Waals surface area contributed by atoms with E-state index in [1.165, 1.54) is 33.0 Å². The number of amidine groups is 1. The first-order chi connectivity index (χ1) is 28.7. The molecule has 2 aromatic heterocycles. The molecule has 2 aliphatic rings. The summed E-state index contributed by atoms with van der Waals surface area (Å²) in [6, 6.07) is 60.1. The van der Waals surface area contributed by atoms with Crippen molar-refractivity contribution in [2.24, 2.45) is 15.9 Å². The highest BCUT2D eigenvalue weighted by molar-refractivity contribution is 6.17. The molecule has 276 valence electrons. The molecule has 1 atom stereocenters. The van der Waals surface area contributed by atoms with Crippen molar-refractivity contribution in [3.05, 3.63) is 210 Å². The molecule has 0 N–H and O–H groups in total. The maximum atomic E-state index is 6.89. The zero-order valence-electron chi connectivity index (χ0n) is 32.1. The molecule has 0 radical (unpaired) electrons. The summed E-state index contributed by atoms with van der Waals surface area (Å²) in [4.78, 5) is 10.6. The van der Waals surface area contributed by atoms with E-state index in [0.29, 0.717) is 0 Å². The Morgan fingerprint density at radius 1 is 0.586 bits per heavy atom. The second-order valence-electron chi connectivity index (χ2n) is 15.3. The van der Waals surface area contributed by atoms with Gasteiger partial charge in [-0.2, -0.15) is 0 Å². The summed E-state index contributed by atoms with van der Waals surface area (Å²) in [6.07, 6.45) is 8.39. The van der Waals surface area contributed by atoms with Crippen LogP contribution in [0.15, 0.2) is 208 Å². The Kier molecular flexibility index (Phi) is 8.21. The zero-order valence-corrected chi connectivity index (χ0v) is 32.1. The van der Waals surface area contributed by atoms with Crippen LogP contribution in [0.1, 0.15) is 36.5 Å². The highest BCUT2D eigenvalue weighted by atomic mass is 16.3. The van der Waals surface area contributed by atoms with Crippen LogP contribution in [0.3, 0.4) is 0 Å². The monoisotopic (exact) mass is 745 g/mol. The number of para-hydroxylation sites is 2. The van der Waals surface area contributed by atoms with Gasteiger partial charge in [-0.15, -0.1) is 0 Å². The average Bonchev–Trinajstić information content (AvgIpc) is 3.77. The first-order valence-corrected chi connectivity index (χ1v) is 20.1. The fourth-order valence-corrected chi connectivity index (χ4v) is 8.92. The summed E-state index contributed by atoms with van der Waals surface area (Å²) >= 11 is 0. The smallest absolute Gasteiger partial charge is 0.159 e. The van der Waals surface area contributed by atoms with E-state index < -0.39 is 0 Å². The van der Waals surface area contributed by atoms with Crippen LogP contribution in [0.4, 0.5) is 0 Å². The van der Waals surface area contributed by atoms with Crippen molar-refractivity contribution in [3.8, 4) is 16.8 Å². The number of furan rings is 1. The molecule has 0 saturated carbocycles. The summed E-state index contributed by atoms with van der Waals surface area (Å²) in [7, 11) is 0. The number of rotatable bonds is 6. The molecule has 7 aromatic carbocycles. The van der Waals surface area contributed by atoms with E-state index in [0.717, 1.165) is 85.4 Å². The zero-order chi connectivity index (χ0) is 38.6. The molecule has 0 bridgehead atoms. The minimum atomic E-state index is 0.0539. The number of nitrogens with zero attached hydrogens (tertiary/aromatic N) is 3. The van der Waals surface area contributed by atoms with E-state index in [2.05, 4.69) is 200 Å². The third-order valence-corrected chi connectivity index (χ3v) is 11.7. The Hall–Kier alpha value is -7.30. The Bertz CT molecular complexity index is 3210. The van der Waals surface area contributed by atoms with Gasteiger partial charge >= 0.3 is 0 Å². The second kappa shape index (κ2) is 14.0. The van der Waals surface area contributed by atoms with Crippen molar-refractivity contribution < 1.29 is 4.42 Å². The topological polar surface area (TPSA) is 42.8 Å². The van der Waals surface area contributed by atoms with Crippen LogP contribution in [-0.2, 0) is 0 Å². The van der Waals surface area contributed by atoms with Crippen LogP contribution in [0.5, 0.6) is 0 Å². The van der Waals surface area contributed by atoms with Crippen molar-refractivity contribution in [1.29, 1.82) is 0 Å². The number of aliphatic imine (C=N–C) groups is 2. The Morgan fingerprint density at radius 3 is 2.05 bits per heavy atom. The lowest BCUT2D eigenvalue weighted by Crippen LogP contribution is -2.14. The standard InChI is InChI=1S/C54H39N3O/c1-35-33-46(38-17-7-3-8-18-38)55-54(56-52(35)39-19-9-4-10-20-39)40-29-27-36(28-30-40)41-31-32-43-44-23-14-26-49(53(44)58-50(43)34-41)57-47-24-12-11-21-45(47)51-42(22-13-25-48(51)57)37-15-5-2-6-16-37/h2-29,31-32,34,40H,30,33H2,1H3. The molecule has 0 amide bonds. The maximum Gasteiger partial charge on any atom is 0.159 e. The van der Waals surface area contributed by atoms with E-state index in [4.69, 9.17) is 14.4 Å². The number of hydrogen-bond acceptors (Lipinski definition) is 3. The van der Waals surface area contributed by atoms with Crippen LogP contribution in [-0.4, -0.2) is 16.1 Å². The number of aromatic nitrogens is 1. The van der Waals surface area contributed by atoms with Crippen LogP contribution in [0.2, 0.25) is 0 Å². The van der Waals surface area contributed by atoms with Crippen molar-refractivity contribution in [2.75, 3.05) is 0 Å². The van der Waals surface area contributed by atoms with Crippen molar-refractivity contribution >= 4 is 66.6 Å². The van der Waals surface area contributed by atoms with Crippen molar-refractivity contribution in [1.82, 2.24) is 4.57 Å². The van der Waals surface area contributed by atoms with Gasteiger partial charge in [0.1, 0.15) is 11.4 Å². The normalized spacial score (nSPS) is 15.9. The molecule has 1 aliphatic carbocycles. The van der Waals surface area contributed by atoms with Gasteiger partial charge in [-0.1, -0.05) is 158 Å². The van der Waals surface area contributed by atoms with Crippen LogP contribution >= 0.6 is 0 Å². The number of hydrogen-bond donors (Lipinski definition) is 0. The molecule has 4 heteroatoms. The predicted octanol–water partition coefficient (Wildman–Crippen LogP) is 14.0. The van der Waals surface area contributed by atoms with Crippen LogP contribution in [0.25, 0.3) is 71.8 Å². The fourth-order valence-electron chi connectivity index (χ4n) is 8.92. The number of benzene rings is 7. The summed E-state index contributed by atoms with van der Waals surface area (Å²) < 4.78 is 9.26. The largest absolute Gasteiger partial charge is 0.454 e. The van der Waals surface area contributed by atoms with E-state index >= 15 is 0 Å². The van der Waals surface area contributed by atoms with Gasteiger partial charge in [0.15, 0.2) is 5.58 Å². The van der Waals surface area contributed by atoms with Gasteiger partial charge in [-0.3, -0.25) is 0 Å². The molecule has 4 nitrogen and oxygen atoms in total. The molecule has 0 fully saturated rings. The molecule has 3 heterocycles. The molecular formula is C54H39N3O. The summed E-state index contributed by atoms with van der Waals surface area (Å²) in [6.45, 7) is 2.18. The molecule has 9 aromatic rings. The van der Waals surface area contributed by atoms with E-state index in [1.54, 1.807) is 0 Å². The molecule has 0 saturated heterocycles. The molecule has 58 heavy (non-hydrogen) atoms. The SMILES string of the molecule is CC1=C(c2ccccc2)N=C(C2C=CC(c3ccc4c(c3)oc3c(-n5c6ccccc6c6c(-c7ccccc7)cccc65)cccc34)=CC2)N=C(c2ccccc2)C1. The summed E-state index contributed by atoms with van der Waals surface area (Å²) in [5.41, 5.74) is 15.4. The van der Waals surface area contributed by atoms with Gasteiger partial charge < -0.3 is 8.98 Å². The minimum Gasteiger partial charge on any atom is -0.454 e. The number of fused-ring (bicyclic) bond motifs is 6. The highest BCUT2D eigenvalue weighted by Gasteiger charge is 2.23. The van der Waals surface area contributed by atoms with Gasteiger partial charge in [0, 0.05) is 39.4 Å². The molecule has 0 spiro atoms. The first kappa shape index (κ1) is 34.0. The van der Waals surface area contributed by atoms with Gasteiger partial charge in [0.25, 0.3) is 0 Å². The van der Waals surface area contributed by atoms with E-state index in [9.17, 15) is 0 Å². The first-order valence-electron chi connectivity index (χ1n) is 20.1. The Labute approximate surface area is 337 Å². The van der Waals surface area contributed by atoms with Gasteiger partial charge in [0.2, 0.25) is 0 Å². The lowest BCUT2D eigenvalue weighted by atomic mass is 9.91. The van der Waals surface area contributed by atoms with Gasteiger partial charge in [0.05, 0.1) is 28.1 Å². The summed E-state index contributed by atoms with van der Waals surface area (Å²) in [5, 5.41) is 4.68. The summed E-state index contributed by atoms with van der Waals surface area (Å²) in [5.74, 6) is 0.903. The molecule has 11 rings (SSSR count). The van der Waals surface area contributed by atoms with Crippen LogP contribution < -0.4 is 0 Å². The van der Waals surface area contributed by atoms with E-state index in [-0.39, 0.29) is 5.92 Å². The maximum absolute atomic E-state index is 6.89. The predicted molar refractivity (Wildman–Crippen MR) is 243 cm³/mol. The molecule has 1 unspecified atom stereocenters. The average molecular weight is 746 g/mol. The lowest BCUT2D eigenvalue weighted by Gasteiger charge is -2.17. The lowest BCUT2D eigenvalue weighted by molar-refractivity contribution is 0.666. The molecule has 1 aliphatic heterocycles. The Morgan fingerprint density at radius 2 is 1.28 bits per heavy atom. The highest BCUT2D eigenvalue weighted by Crippen LogP contribution is 2.42. The quantitative estimate of drug-likeness (QED) is 0.167. The van der Waals surface area contributed by atoms with Gasteiger partial charge in [-0.25, -0.2) is 9.98 Å². The van der Waals surface area contributed by atoms with Crippen LogP contribution in [0, 0.1) is 5.92 Å². The third-order valence-electron chi connectivity index (χ3n) is 11.7. The fraction of sp³-hybridized carbons (Fsp3) is 0.0741. The number of allylic oxidation sites excluding steroid dienone is 4. The Balaban J connectivity index is 0.966. The van der Waals surface area contributed by atoms with Gasteiger partial charge in [-0.05, 0) is 77.1 Å². The molecular weight excluding hydrogens is 707 g/mol.